The molecule has 1 saturated carbocycles. The van der Waals surface area contributed by atoms with Gasteiger partial charge in [-0.05, 0) is 30.9 Å². The second-order valence-electron chi connectivity index (χ2n) is 8.35. The predicted molar refractivity (Wildman–Crippen MR) is 131 cm³/mol. The van der Waals surface area contributed by atoms with Crippen LogP contribution in [0.5, 0.6) is 0 Å². The van der Waals surface area contributed by atoms with Crippen LogP contribution in [0.1, 0.15) is 44.2 Å². The fraction of sp³-hybridized carbons (Fsp3) is 0.565. The van der Waals surface area contributed by atoms with Gasteiger partial charge < -0.3 is 10.2 Å². The maximum absolute atomic E-state index is 13.6. The van der Waals surface area contributed by atoms with Gasteiger partial charge in [0.15, 0.2) is 0 Å². The Morgan fingerprint density at radius 3 is 2.48 bits per heavy atom. The molecule has 2 aliphatic rings. The van der Waals surface area contributed by atoms with Crippen molar-refractivity contribution < 1.29 is 13.6 Å². The van der Waals surface area contributed by atoms with Gasteiger partial charge in [0.2, 0.25) is 0 Å². The molecule has 2 fully saturated rings. The summed E-state index contributed by atoms with van der Waals surface area (Å²) in [4.78, 5) is 15.7. The van der Waals surface area contributed by atoms with Gasteiger partial charge in [0.1, 0.15) is 5.70 Å². The normalized spacial score (nSPS) is 18.1. The molecule has 6 nitrogen and oxygen atoms in total. The molecule has 3 rings (SSSR count). The highest BCUT2D eigenvalue weighted by Gasteiger charge is 2.32. The van der Waals surface area contributed by atoms with Crippen molar-refractivity contribution in [1.82, 2.24) is 19.5 Å². The first-order valence-corrected chi connectivity index (χ1v) is 12.4. The summed E-state index contributed by atoms with van der Waals surface area (Å²) in [6.45, 7) is 9.64. The van der Waals surface area contributed by atoms with Gasteiger partial charge in [0.25, 0.3) is 11.8 Å². The van der Waals surface area contributed by atoms with Gasteiger partial charge >= 0.3 is 0 Å². The zero-order valence-corrected chi connectivity index (χ0v) is 21.0. The van der Waals surface area contributed by atoms with Gasteiger partial charge in [0, 0.05) is 68.4 Å². The van der Waals surface area contributed by atoms with Crippen LogP contribution in [0, 0.1) is 0 Å². The predicted octanol–water partition coefficient (Wildman–Crippen LogP) is 4.67. The van der Waals surface area contributed by atoms with Gasteiger partial charge in [-0.1, -0.05) is 42.6 Å². The third-order valence-electron chi connectivity index (χ3n) is 5.81. The molecule has 10 heteroatoms. The lowest BCUT2D eigenvalue weighted by atomic mass is 10.1. The van der Waals surface area contributed by atoms with Crippen molar-refractivity contribution in [1.29, 1.82) is 0 Å². The quantitative estimate of drug-likeness (QED) is 0.219. The first-order valence-electron chi connectivity index (χ1n) is 11.2. The minimum absolute atomic E-state index is 0.0401. The van der Waals surface area contributed by atoms with Crippen LogP contribution < -0.4 is 5.32 Å². The molecule has 0 radical (unpaired) electrons. The molecule has 1 aromatic rings. The summed E-state index contributed by atoms with van der Waals surface area (Å²) in [6.07, 6.45) is 3.22. The fourth-order valence-electron chi connectivity index (χ4n) is 3.74. The minimum Gasteiger partial charge on any atom is -0.390 e. The molecule has 0 spiro atoms. The number of halogens is 3. The number of amides is 1. The molecule has 0 bridgehead atoms. The fourth-order valence-corrected chi connectivity index (χ4v) is 5.12. The molecule has 0 unspecified atom stereocenters. The Labute approximate surface area is 204 Å². The van der Waals surface area contributed by atoms with E-state index >= 15 is 0 Å². The third kappa shape index (κ3) is 6.61. The Morgan fingerprint density at radius 2 is 2.00 bits per heavy atom. The number of hydrogen-bond donors (Lipinski definition) is 1. The lowest BCUT2D eigenvalue weighted by Crippen LogP contribution is -2.47. The number of piperazine rings is 1. The molecule has 182 valence electrons. The molecular formula is C23H32ClF2N5OS. The zero-order chi connectivity index (χ0) is 24.2. The van der Waals surface area contributed by atoms with Crippen molar-refractivity contribution in [2.24, 2.45) is 5.10 Å². The summed E-state index contributed by atoms with van der Waals surface area (Å²) >= 11 is 8.20. The van der Waals surface area contributed by atoms with Crippen LogP contribution in [0.15, 0.2) is 34.7 Å². The summed E-state index contributed by atoms with van der Waals surface area (Å²) in [5, 5.41) is 9.27. The number of hydrogen-bond acceptors (Lipinski definition) is 6. The summed E-state index contributed by atoms with van der Waals surface area (Å²) < 4.78 is 29.6. The maximum atomic E-state index is 13.6. The van der Waals surface area contributed by atoms with Crippen molar-refractivity contribution in [2.45, 2.75) is 50.8 Å². The van der Waals surface area contributed by atoms with E-state index in [1.807, 2.05) is 18.9 Å². The number of rotatable bonds is 10. The van der Waals surface area contributed by atoms with Gasteiger partial charge in [-0.25, -0.2) is 18.1 Å². The van der Waals surface area contributed by atoms with E-state index in [1.54, 1.807) is 7.05 Å². The molecule has 33 heavy (non-hydrogen) atoms. The van der Waals surface area contributed by atoms with Gasteiger partial charge in [-0.3, -0.25) is 4.79 Å². The first-order chi connectivity index (χ1) is 15.7. The van der Waals surface area contributed by atoms with Crippen molar-refractivity contribution >= 4 is 36.2 Å². The molecule has 0 atom stereocenters. The number of alkyl halides is 2. The van der Waals surface area contributed by atoms with Crippen molar-refractivity contribution in [3.8, 4) is 0 Å². The minimum atomic E-state index is -2.99. The van der Waals surface area contributed by atoms with Crippen LogP contribution in [-0.2, 0) is 17.3 Å². The third-order valence-corrected chi connectivity index (χ3v) is 7.59. The summed E-state index contributed by atoms with van der Waals surface area (Å²) in [5.41, 5.74) is 1.74. The van der Waals surface area contributed by atoms with Crippen LogP contribution >= 0.6 is 23.5 Å². The van der Waals surface area contributed by atoms with Crippen molar-refractivity contribution in [3.63, 3.8) is 0 Å². The second-order valence-corrected chi connectivity index (χ2v) is 10.2. The Bertz CT molecular complexity index is 889. The Kier molecular flexibility index (Phi) is 8.64. The largest absolute Gasteiger partial charge is 0.390 e. The van der Waals surface area contributed by atoms with Crippen LogP contribution in [0.2, 0.25) is 5.02 Å². The number of nitrogens with one attached hydrogen (secondary N) is 1. The van der Waals surface area contributed by atoms with E-state index in [9.17, 15) is 13.6 Å². The highest BCUT2D eigenvalue weighted by molar-refractivity contribution is 7.97. The molecule has 1 N–H and O–H groups in total. The number of carbonyl (C=O) groups is 1. The zero-order valence-electron chi connectivity index (χ0n) is 19.4. The summed E-state index contributed by atoms with van der Waals surface area (Å²) in [6, 6.07) is 4.07. The lowest BCUT2D eigenvalue weighted by molar-refractivity contribution is -0.129. The van der Waals surface area contributed by atoms with Gasteiger partial charge in [0.05, 0.1) is 6.54 Å². The van der Waals surface area contributed by atoms with Crippen molar-refractivity contribution in [2.75, 3.05) is 33.2 Å². The monoisotopic (exact) mass is 499 g/mol. The molecular weight excluding hydrogens is 468 g/mol. The topological polar surface area (TPSA) is 51.2 Å². The number of nitrogens with zero attached hydrogens (tertiary/aromatic N) is 4. The number of carbonyl (C=O) groups excluding carboxylic acids is 1. The molecule has 1 aromatic carbocycles. The van der Waals surface area contributed by atoms with E-state index in [0.29, 0.717) is 17.7 Å². The van der Waals surface area contributed by atoms with Crippen molar-refractivity contribution in [3.05, 3.63) is 45.7 Å². The summed E-state index contributed by atoms with van der Waals surface area (Å²) in [5.74, 6) is -3.28. The SMILES string of the molecule is C=NN(Cc1ccc(C(C)(F)F)cc1Cl)C(=O)/C(=C(/CC)NC)N1CCN(SC2CC2)CC1. The standard InChI is InChI=1S/C23H32ClF2N5OS/c1-5-20(27-3)21(29-10-12-30(13-11-29)33-18-8-9-18)22(32)31(28-4)15-16-6-7-17(14-19(16)24)23(2,25)26/h6-7,14,18,27H,4-5,8-13,15H2,1-3H3/b21-20+. The van der Waals surface area contributed by atoms with E-state index in [0.717, 1.165) is 44.0 Å². The number of benzene rings is 1. The number of hydrazone groups is 1. The molecule has 1 saturated heterocycles. The van der Waals surface area contributed by atoms with Crippen LogP contribution in [0.4, 0.5) is 8.78 Å². The Balaban J connectivity index is 1.78. The molecule has 0 aromatic heterocycles. The van der Waals surface area contributed by atoms with E-state index in [4.69, 9.17) is 11.6 Å². The summed E-state index contributed by atoms with van der Waals surface area (Å²) in [7, 11) is 1.80. The Morgan fingerprint density at radius 1 is 1.33 bits per heavy atom. The highest BCUT2D eigenvalue weighted by atomic mass is 35.5. The van der Waals surface area contributed by atoms with Gasteiger partial charge in [-0.2, -0.15) is 5.10 Å². The highest BCUT2D eigenvalue weighted by Crippen LogP contribution is 2.37. The Hall–Kier alpha value is -1.84. The smallest absolute Gasteiger partial charge is 0.292 e. The average Bonchev–Trinajstić information content (AvgIpc) is 3.60. The van der Waals surface area contributed by atoms with E-state index in [-0.39, 0.29) is 23.0 Å². The van der Waals surface area contributed by atoms with Crippen LogP contribution in [0.3, 0.4) is 0 Å². The molecule has 1 amide bonds. The van der Waals surface area contributed by atoms with Crippen LogP contribution in [-0.4, -0.2) is 65.3 Å². The molecule has 1 heterocycles. The first kappa shape index (κ1) is 25.8. The second kappa shape index (κ2) is 11.1. The maximum Gasteiger partial charge on any atom is 0.292 e. The van der Waals surface area contributed by atoms with Crippen LogP contribution in [0.25, 0.3) is 0 Å². The average molecular weight is 500 g/mol. The molecule has 1 aliphatic heterocycles. The number of allylic oxidation sites excluding steroid dienone is 1. The van der Waals surface area contributed by atoms with E-state index < -0.39 is 5.92 Å². The van der Waals surface area contributed by atoms with E-state index in [1.165, 1.54) is 36.0 Å². The van der Waals surface area contributed by atoms with E-state index in [2.05, 4.69) is 26.3 Å². The van der Waals surface area contributed by atoms with Gasteiger partial charge in [-0.15, -0.1) is 0 Å². The lowest BCUT2D eigenvalue weighted by Gasteiger charge is -2.38. The molecule has 1 aliphatic carbocycles.